The number of nitrogens with one attached hydrogen (secondary N) is 2. The Hall–Kier alpha value is -2.94. The van der Waals surface area contributed by atoms with Crippen LogP contribution >= 0.6 is 11.8 Å². The number of hydrogen-bond acceptors (Lipinski definition) is 6. The molecular formula is C16H13FN4O3S. The topological polar surface area (TPSA) is 92.7 Å². The lowest BCUT2D eigenvalue weighted by Gasteiger charge is -2.08. The van der Waals surface area contributed by atoms with Crippen LogP contribution in [0.1, 0.15) is 0 Å². The van der Waals surface area contributed by atoms with E-state index < -0.39 is 17.2 Å². The van der Waals surface area contributed by atoms with Gasteiger partial charge in [0.1, 0.15) is 17.7 Å². The summed E-state index contributed by atoms with van der Waals surface area (Å²) in [6.07, 6.45) is 0.872. The average molecular weight is 360 g/mol. The van der Waals surface area contributed by atoms with Crippen LogP contribution in [0, 0.1) is 5.82 Å². The monoisotopic (exact) mass is 360 g/mol. The summed E-state index contributed by atoms with van der Waals surface area (Å²) in [6.45, 7) is -0.120. The molecule has 1 aromatic carbocycles. The summed E-state index contributed by atoms with van der Waals surface area (Å²) in [6, 6.07) is 10.5. The number of amidine groups is 1. The third-order valence-corrected chi connectivity index (χ3v) is 4.15. The van der Waals surface area contributed by atoms with Crippen LogP contribution in [-0.4, -0.2) is 34.0 Å². The summed E-state index contributed by atoms with van der Waals surface area (Å²) in [5, 5.41) is 4.87. The van der Waals surface area contributed by atoms with Crippen molar-refractivity contribution < 1.29 is 18.7 Å². The number of halogens is 1. The van der Waals surface area contributed by atoms with Crippen molar-refractivity contribution in [1.82, 2.24) is 10.3 Å². The standard InChI is InChI=1S/C16H13FN4O3S/c17-10-4-6-11(7-5-10)19-16(23)24-9-12-14(22)21-15(25-12)20-13-3-1-2-8-18-13/h1-8,12H,9H2,(H,19,23)(H,18,20,21,22). The molecule has 128 valence electrons. The predicted octanol–water partition coefficient (Wildman–Crippen LogP) is 2.69. The van der Waals surface area contributed by atoms with Gasteiger partial charge in [0, 0.05) is 11.9 Å². The zero-order chi connectivity index (χ0) is 17.6. The molecule has 0 spiro atoms. The average Bonchev–Trinajstić information content (AvgIpc) is 2.95. The van der Waals surface area contributed by atoms with Gasteiger partial charge in [-0.25, -0.2) is 19.2 Å². The van der Waals surface area contributed by atoms with Gasteiger partial charge in [0.25, 0.3) is 0 Å². The third kappa shape index (κ3) is 4.77. The molecule has 0 aliphatic carbocycles. The van der Waals surface area contributed by atoms with Gasteiger partial charge in [0.15, 0.2) is 11.0 Å². The van der Waals surface area contributed by atoms with Crippen molar-refractivity contribution in [3.8, 4) is 0 Å². The molecule has 2 N–H and O–H groups in total. The Bertz CT molecular complexity index is 799. The van der Waals surface area contributed by atoms with Gasteiger partial charge in [-0.1, -0.05) is 17.8 Å². The first-order valence-corrected chi connectivity index (χ1v) is 8.15. The molecule has 25 heavy (non-hydrogen) atoms. The Labute approximate surface area is 146 Å². The fourth-order valence-corrected chi connectivity index (χ4v) is 2.81. The second kappa shape index (κ2) is 7.75. The summed E-state index contributed by atoms with van der Waals surface area (Å²) >= 11 is 1.16. The number of carbonyl (C=O) groups excluding carboxylic acids is 2. The molecule has 2 amide bonds. The smallest absolute Gasteiger partial charge is 0.411 e. The lowest BCUT2D eigenvalue weighted by molar-refractivity contribution is -0.119. The highest BCUT2D eigenvalue weighted by Crippen LogP contribution is 2.22. The van der Waals surface area contributed by atoms with E-state index in [1.165, 1.54) is 24.3 Å². The van der Waals surface area contributed by atoms with E-state index in [9.17, 15) is 14.0 Å². The van der Waals surface area contributed by atoms with Gasteiger partial charge in [-0.2, -0.15) is 0 Å². The predicted molar refractivity (Wildman–Crippen MR) is 92.2 cm³/mol. The zero-order valence-corrected chi connectivity index (χ0v) is 13.6. The molecule has 0 radical (unpaired) electrons. The minimum atomic E-state index is -0.727. The fraction of sp³-hybridized carbons (Fsp3) is 0.125. The van der Waals surface area contributed by atoms with Gasteiger partial charge >= 0.3 is 6.09 Å². The summed E-state index contributed by atoms with van der Waals surface area (Å²) in [4.78, 5) is 31.9. The molecule has 9 heteroatoms. The molecule has 1 unspecified atom stereocenters. The Kier molecular flexibility index (Phi) is 5.24. The van der Waals surface area contributed by atoms with E-state index in [1.807, 2.05) is 0 Å². The summed E-state index contributed by atoms with van der Waals surface area (Å²) in [5.41, 5.74) is 0.396. The van der Waals surface area contributed by atoms with E-state index in [0.717, 1.165) is 11.8 Å². The number of aromatic nitrogens is 1. The van der Waals surface area contributed by atoms with Crippen LogP contribution < -0.4 is 10.6 Å². The van der Waals surface area contributed by atoms with Gasteiger partial charge in [-0.05, 0) is 36.4 Å². The molecule has 0 saturated carbocycles. The molecular weight excluding hydrogens is 347 g/mol. The van der Waals surface area contributed by atoms with Crippen LogP contribution in [0.5, 0.6) is 0 Å². The largest absolute Gasteiger partial charge is 0.448 e. The third-order valence-electron chi connectivity index (χ3n) is 3.10. The maximum Gasteiger partial charge on any atom is 0.411 e. The van der Waals surface area contributed by atoms with Crippen LogP contribution in [0.2, 0.25) is 0 Å². The second-order valence-corrected chi connectivity index (χ2v) is 6.12. The number of benzene rings is 1. The normalized spacial score (nSPS) is 18.0. The summed E-state index contributed by atoms with van der Waals surface area (Å²) in [5.74, 6) is -0.229. The van der Waals surface area contributed by atoms with Crippen LogP contribution in [0.15, 0.2) is 53.7 Å². The number of pyridine rings is 1. The highest BCUT2D eigenvalue weighted by molar-refractivity contribution is 8.15. The molecule has 1 aliphatic rings. The first-order chi connectivity index (χ1) is 12.1. The number of amides is 2. The zero-order valence-electron chi connectivity index (χ0n) is 12.8. The highest BCUT2D eigenvalue weighted by atomic mass is 32.2. The van der Waals surface area contributed by atoms with Crippen molar-refractivity contribution in [3.63, 3.8) is 0 Å². The SMILES string of the molecule is O=C(Nc1ccc(F)cc1)OCC1SC(=Nc2ccccn2)NC1=O. The molecule has 0 bridgehead atoms. The van der Waals surface area contributed by atoms with Gasteiger partial charge in [-0.15, -0.1) is 0 Å². The molecule has 1 fully saturated rings. The number of thioether (sulfide) groups is 1. The summed E-state index contributed by atoms with van der Waals surface area (Å²) < 4.78 is 17.8. The van der Waals surface area contributed by atoms with E-state index in [0.29, 0.717) is 16.7 Å². The second-order valence-electron chi connectivity index (χ2n) is 4.93. The molecule has 1 atom stereocenters. The summed E-state index contributed by atoms with van der Waals surface area (Å²) in [7, 11) is 0. The Morgan fingerprint density at radius 3 is 2.84 bits per heavy atom. The highest BCUT2D eigenvalue weighted by Gasteiger charge is 2.31. The quantitative estimate of drug-likeness (QED) is 0.874. The maximum absolute atomic E-state index is 12.8. The van der Waals surface area contributed by atoms with Crippen LogP contribution in [0.4, 0.5) is 20.7 Å². The Morgan fingerprint density at radius 1 is 1.32 bits per heavy atom. The van der Waals surface area contributed by atoms with Crippen molar-refractivity contribution in [2.45, 2.75) is 5.25 Å². The van der Waals surface area contributed by atoms with Crippen LogP contribution in [-0.2, 0) is 9.53 Å². The van der Waals surface area contributed by atoms with E-state index in [-0.39, 0.29) is 12.5 Å². The molecule has 3 rings (SSSR count). The lowest BCUT2D eigenvalue weighted by Crippen LogP contribution is -2.29. The first kappa shape index (κ1) is 16.9. The first-order valence-electron chi connectivity index (χ1n) is 7.27. The fourth-order valence-electron chi connectivity index (χ4n) is 1.93. The van der Waals surface area contributed by atoms with E-state index in [4.69, 9.17) is 4.74 Å². The van der Waals surface area contributed by atoms with Gasteiger partial charge in [0.05, 0.1) is 0 Å². The van der Waals surface area contributed by atoms with Crippen LogP contribution in [0.25, 0.3) is 0 Å². The molecule has 2 aromatic rings. The molecule has 2 heterocycles. The van der Waals surface area contributed by atoms with E-state index >= 15 is 0 Å². The van der Waals surface area contributed by atoms with Crippen molar-refractivity contribution in [2.75, 3.05) is 11.9 Å². The van der Waals surface area contributed by atoms with Crippen molar-refractivity contribution in [3.05, 3.63) is 54.5 Å². The van der Waals surface area contributed by atoms with Crippen molar-refractivity contribution in [1.29, 1.82) is 0 Å². The number of rotatable bonds is 4. The number of ether oxygens (including phenoxy) is 1. The van der Waals surface area contributed by atoms with Gasteiger partial charge < -0.3 is 10.1 Å². The number of nitrogens with zero attached hydrogens (tertiary/aromatic N) is 2. The number of aliphatic imine (C=N–C) groups is 1. The number of carbonyl (C=O) groups is 2. The molecule has 1 saturated heterocycles. The Morgan fingerprint density at radius 2 is 2.12 bits per heavy atom. The number of anilines is 1. The van der Waals surface area contributed by atoms with Crippen molar-refractivity contribution >= 4 is 40.4 Å². The molecule has 7 nitrogen and oxygen atoms in total. The van der Waals surface area contributed by atoms with E-state index in [2.05, 4.69) is 20.6 Å². The van der Waals surface area contributed by atoms with E-state index in [1.54, 1.807) is 24.4 Å². The van der Waals surface area contributed by atoms with Gasteiger partial charge in [-0.3, -0.25) is 10.1 Å². The minimum absolute atomic E-state index is 0.120. The van der Waals surface area contributed by atoms with Gasteiger partial charge in [0.2, 0.25) is 5.91 Å². The number of hydrogen-bond donors (Lipinski definition) is 2. The van der Waals surface area contributed by atoms with Crippen molar-refractivity contribution in [2.24, 2.45) is 4.99 Å². The van der Waals surface area contributed by atoms with Crippen LogP contribution in [0.3, 0.4) is 0 Å². The molecule has 1 aromatic heterocycles. The minimum Gasteiger partial charge on any atom is -0.448 e. The lowest BCUT2D eigenvalue weighted by atomic mass is 10.3. The maximum atomic E-state index is 12.8. The Balaban J connectivity index is 1.51. The molecule has 1 aliphatic heterocycles.